The molecule has 0 aliphatic rings. The van der Waals surface area contributed by atoms with Gasteiger partial charge in [0, 0.05) is 22.8 Å². The molecule has 0 saturated carbocycles. The second-order valence-electron chi connectivity index (χ2n) is 1.43. The van der Waals surface area contributed by atoms with Crippen LogP contribution < -0.4 is 0 Å². The van der Waals surface area contributed by atoms with Gasteiger partial charge in [-0.15, -0.1) is 0 Å². The van der Waals surface area contributed by atoms with Gasteiger partial charge in [0.1, 0.15) is 0 Å². The maximum atomic E-state index is 8.52. The smallest absolute Gasteiger partial charge is 0.759 e. The molecule has 12 heavy (non-hydrogen) atoms. The summed E-state index contributed by atoms with van der Waals surface area (Å²) < 4.78 is 34.1. The van der Waals surface area contributed by atoms with Crippen LogP contribution >= 0.6 is 0 Å². The molecular formula is C5H5BaNO4S. The largest absolute Gasteiger partial charge is 2.00 e. The van der Waals surface area contributed by atoms with Crippen molar-refractivity contribution in [1.29, 1.82) is 0 Å². The van der Waals surface area contributed by atoms with E-state index in [9.17, 15) is 0 Å². The first-order chi connectivity index (χ1) is 5.00. The normalized spacial score (nSPS) is 8.83. The van der Waals surface area contributed by atoms with Gasteiger partial charge in [0.05, 0.1) is 0 Å². The number of rotatable bonds is 0. The predicted molar refractivity (Wildman–Crippen MR) is 40.5 cm³/mol. The Balaban J connectivity index is 0. The Labute approximate surface area is 111 Å². The third-order valence-electron chi connectivity index (χ3n) is 0.566. The van der Waals surface area contributed by atoms with E-state index in [0.29, 0.717) is 0 Å². The number of nitrogens with zero attached hydrogens (tertiary/aromatic N) is 1. The minimum Gasteiger partial charge on any atom is -0.759 e. The van der Waals surface area contributed by atoms with Gasteiger partial charge in [-0.05, 0) is 12.1 Å². The third kappa shape index (κ3) is 22.4. The Morgan fingerprint density at radius 2 is 1.33 bits per heavy atom. The van der Waals surface area contributed by atoms with E-state index in [1.807, 2.05) is 18.2 Å². The molecule has 62 valence electrons. The molecule has 1 rings (SSSR count). The second-order valence-corrected chi connectivity index (χ2v) is 2.25. The van der Waals surface area contributed by atoms with Gasteiger partial charge in [0.25, 0.3) is 0 Å². The number of hydrogen-bond acceptors (Lipinski definition) is 5. The third-order valence-corrected chi connectivity index (χ3v) is 0.566. The van der Waals surface area contributed by atoms with Crippen LogP contribution in [-0.4, -0.2) is 71.4 Å². The van der Waals surface area contributed by atoms with E-state index >= 15 is 0 Å². The van der Waals surface area contributed by atoms with Gasteiger partial charge in [-0.1, -0.05) is 6.07 Å². The Bertz CT molecular complexity index is 240. The van der Waals surface area contributed by atoms with E-state index in [2.05, 4.69) is 4.98 Å². The molecule has 0 spiro atoms. The summed E-state index contributed by atoms with van der Waals surface area (Å²) in [4.78, 5) is 3.78. The average molecular weight is 312 g/mol. The molecular weight excluding hydrogens is 307 g/mol. The van der Waals surface area contributed by atoms with Gasteiger partial charge in [-0.25, -0.2) is 0 Å². The quantitative estimate of drug-likeness (QED) is 0.361. The monoisotopic (exact) mass is 313 g/mol. The topological polar surface area (TPSA) is 93.2 Å². The van der Waals surface area contributed by atoms with Crippen molar-refractivity contribution >= 4 is 59.3 Å². The fourth-order valence-corrected chi connectivity index (χ4v) is 0.313. The molecule has 1 aromatic heterocycles. The maximum Gasteiger partial charge on any atom is 2.00 e. The summed E-state index contributed by atoms with van der Waals surface area (Å²) in [6.07, 6.45) is 3.50. The molecule has 5 nitrogen and oxygen atoms in total. The summed E-state index contributed by atoms with van der Waals surface area (Å²) in [5, 5.41) is 0. The minimum atomic E-state index is -5.17. The predicted octanol–water partition coefficient (Wildman–Crippen LogP) is -0.637. The molecule has 0 aliphatic heterocycles. The van der Waals surface area contributed by atoms with Crippen LogP contribution in [0.5, 0.6) is 0 Å². The van der Waals surface area contributed by atoms with Crippen molar-refractivity contribution in [2.24, 2.45) is 0 Å². The van der Waals surface area contributed by atoms with Crippen LogP contribution in [0.15, 0.2) is 30.6 Å². The van der Waals surface area contributed by atoms with Crippen molar-refractivity contribution in [1.82, 2.24) is 4.98 Å². The zero-order valence-corrected chi connectivity index (χ0v) is 11.3. The van der Waals surface area contributed by atoms with Crippen LogP contribution in [0.25, 0.3) is 0 Å². The van der Waals surface area contributed by atoms with Crippen molar-refractivity contribution in [2.45, 2.75) is 0 Å². The summed E-state index contributed by atoms with van der Waals surface area (Å²) in [6, 6.07) is 5.72. The van der Waals surface area contributed by atoms with E-state index in [-0.39, 0.29) is 48.9 Å². The van der Waals surface area contributed by atoms with Crippen LogP contribution in [0.4, 0.5) is 0 Å². The first-order valence-corrected chi connectivity index (χ1v) is 3.85. The maximum absolute atomic E-state index is 8.52. The average Bonchev–Trinajstić information content (AvgIpc) is 1.88. The first kappa shape index (κ1) is 15.1. The summed E-state index contributed by atoms with van der Waals surface area (Å²) >= 11 is 0. The molecule has 0 radical (unpaired) electrons. The minimum absolute atomic E-state index is 0. The molecule has 0 atom stereocenters. The van der Waals surface area contributed by atoms with E-state index in [0.717, 1.165) is 0 Å². The Kier molecular flexibility index (Phi) is 10.3. The first-order valence-electron chi connectivity index (χ1n) is 2.52. The molecule has 0 saturated heterocycles. The Hall–Kier alpha value is 0.591. The van der Waals surface area contributed by atoms with Crippen LogP contribution in [0.1, 0.15) is 0 Å². The molecule has 1 aromatic rings. The van der Waals surface area contributed by atoms with Crippen molar-refractivity contribution < 1.29 is 17.5 Å². The molecule has 1 heterocycles. The zero-order chi connectivity index (χ0) is 8.74. The van der Waals surface area contributed by atoms with Crippen LogP contribution in [0.3, 0.4) is 0 Å². The summed E-state index contributed by atoms with van der Waals surface area (Å²) in [6.45, 7) is 0. The molecule has 0 aromatic carbocycles. The second kappa shape index (κ2) is 8.20. The van der Waals surface area contributed by atoms with Crippen molar-refractivity contribution in [3.63, 3.8) is 0 Å². The molecule has 7 heteroatoms. The van der Waals surface area contributed by atoms with Gasteiger partial charge in [-0.3, -0.25) is 13.4 Å². The fraction of sp³-hybridized carbons (Fsp3) is 0. The van der Waals surface area contributed by atoms with Gasteiger partial charge in [-0.2, -0.15) is 0 Å². The standard InChI is InChI=1S/C5H5N.Ba.H2O4S/c1-2-4-6-5-3-1;;1-5(2,3)4/h1-5H;;(H2,1,2,3,4)/q;+2;/p-2. The Morgan fingerprint density at radius 3 is 1.42 bits per heavy atom. The molecule has 0 N–H and O–H groups in total. The fourth-order valence-electron chi connectivity index (χ4n) is 0.313. The molecule has 0 fully saturated rings. The van der Waals surface area contributed by atoms with Gasteiger partial charge in [0.2, 0.25) is 0 Å². The van der Waals surface area contributed by atoms with Gasteiger partial charge >= 0.3 is 48.9 Å². The number of aromatic nitrogens is 1. The van der Waals surface area contributed by atoms with E-state index in [1.54, 1.807) is 12.4 Å². The zero-order valence-electron chi connectivity index (χ0n) is 6.08. The molecule has 0 bridgehead atoms. The summed E-state index contributed by atoms with van der Waals surface area (Å²) in [5.41, 5.74) is 0. The van der Waals surface area contributed by atoms with Gasteiger partial charge < -0.3 is 9.11 Å². The van der Waals surface area contributed by atoms with E-state index in [4.69, 9.17) is 17.5 Å². The molecule has 0 unspecified atom stereocenters. The summed E-state index contributed by atoms with van der Waals surface area (Å²) in [5.74, 6) is 0. The van der Waals surface area contributed by atoms with Crippen LogP contribution in [0, 0.1) is 0 Å². The summed E-state index contributed by atoms with van der Waals surface area (Å²) in [7, 11) is -5.17. The molecule has 0 aliphatic carbocycles. The van der Waals surface area contributed by atoms with Gasteiger partial charge in [0.15, 0.2) is 0 Å². The van der Waals surface area contributed by atoms with E-state index in [1.165, 1.54) is 0 Å². The Morgan fingerprint density at radius 1 is 1.00 bits per heavy atom. The van der Waals surface area contributed by atoms with Crippen molar-refractivity contribution in [3.8, 4) is 0 Å². The van der Waals surface area contributed by atoms with Crippen molar-refractivity contribution in [2.75, 3.05) is 0 Å². The molecule has 0 amide bonds. The number of hydrogen-bond donors (Lipinski definition) is 0. The van der Waals surface area contributed by atoms with E-state index < -0.39 is 10.4 Å². The van der Waals surface area contributed by atoms with Crippen molar-refractivity contribution in [3.05, 3.63) is 30.6 Å². The van der Waals surface area contributed by atoms with Crippen LogP contribution in [0.2, 0.25) is 0 Å². The van der Waals surface area contributed by atoms with Crippen LogP contribution in [-0.2, 0) is 10.4 Å². The number of pyridine rings is 1. The SMILES string of the molecule is O=S(=O)([O-])[O-].[Ba+2].c1ccncc1.